The van der Waals surface area contributed by atoms with E-state index < -0.39 is 0 Å². The topological polar surface area (TPSA) is 9.23 Å². The summed E-state index contributed by atoms with van der Waals surface area (Å²) in [6, 6.07) is 0. The summed E-state index contributed by atoms with van der Waals surface area (Å²) in [6.45, 7) is 7.75. The van der Waals surface area contributed by atoms with Crippen LogP contribution in [-0.4, -0.2) is 13.7 Å². The molecule has 0 amide bonds. The van der Waals surface area contributed by atoms with Crippen LogP contribution in [0.1, 0.15) is 40.0 Å². The zero-order valence-corrected chi connectivity index (χ0v) is 7.74. The van der Waals surface area contributed by atoms with E-state index in [-0.39, 0.29) is 0 Å². The summed E-state index contributed by atoms with van der Waals surface area (Å²) in [7, 11) is 1.76. The van der Waals surface area contributed by atoms with Crippen molar-refractivity contribution in [2.45, 2.75) is 40.0 Å². The first-order chi connectivity index (χ1) is 4.56. The summed E-state index contributed by atoms with van der Waals surface area (Å²) in [5.74, 6) is 0. The third-order valence-corrected chi connectivity index (χ3v) is 1.53. The molecule has 0 aromatic heterocycles. The van der Waals surface area contributed by atoms with E-state index in [1.165, 1.54) is 19.3 Å². The lowest BCUT2D eigenvalue weighted by molar-refractivity contribution is 0.187. The Labute approximate surface area is 64.8 Å². The fraction of sp³-hybridized carbons (Fsp3) is 1.00. The van der Waals surface area contributed by atoms with Crippen molar-refractivity contribution in [3.8, 4) is 0 Å². The molecular formula is C9H20O. The van der Waals surface area contributed by atoms with Gasteiger partial charge in [0.2, 0.25) is 0 Å². The molecule has 0 spiro atoms. The molecule has 0 unspecified atom stereocenters. The number of ether oxygens (including phenoxy) is 1. The minimum Gasteiger partial charge on any atom is -0.385 e. The molecule has 0 fully saturated rings. The second-order valence-electron chi connectivity index (χ2n) is 4.01. The molecule has 10 heavy (non-hydrogen) atoms. The maximum atomic E-state index is 4.96. The molecule has 0 aromatic carbocycles. The fourth-order valence-electron chi connectivity index (χ4n) is 0.902. The van der Waals surface area contributed by atoms with E-state index in [2.05, 4.69) is 20.8 Å². The van der Waals surface area contributed by atoms with Crippen LogP contribution in [0.3, 0.4) is 0 Å². The van der Waals surface area contributed by atoms with E-state index in [1.54, 1.807) is 7.11 Å². The number of unbranched alkanes of at least 4 members (excludes halogenated alkanes) is 1. The normalized spacial score (nSPS) is 12.0. The van der Waals surface area contributed by atoms with Gasteiger partial charge in [0.1, 0.15) is 0 Å². The minimum atomic E-state index is 0.494. The summed E-state index contributed by atoms with van der Waals surface area (Å²) in [6.07, 6.45) is 3.79. The third kappa shape index (κ3) is 7.96. The summed E-state index contributed by atoms with van der Waals surface area (Å²) in [4.78, 5) is 0. The summed E-state index contributed by atoms with van der Waals surface area (Å²) < 4.78 is 4.96. The zero-order valence-electron chi connectivity index (χ0n) is 7.74. The molecule has 1 nitrogen and oxygen atoms in total. The van der Waals surface area contributed by atoms with Crippen molar-refractivity contribution in [2.24, 2.45) is 5.41 Å². The summed E-state index contributed by atoms with van der Waals surface area (Å²) in [5.41, 5.74) is 0.494. The first-order valence-corrected chi connectivity index (χ1v) is 4.05. The van der Waals surface area contributed by atoms with Crippen molar-refractivity contribution in [3.63, 3.8) is 0 Å². The molecule has 1 heteroatoms. The molecule has 0 saturated heterocycles. The molecule has 0 aliphatic carbocycles. The Bertz CT molecular complexity index is 71.3. The monoisotopic (exact) mass is 144 g/mol. The van der Waals surface area contributed by atoms with Gasteiger partial charge in [-0.3, -0.25) is 0 Å². The molecule has 0 bridgehead atoms. The van der Waals surface area contributed by atoms with E-state index in [0.717, 1.165) is 6.61 Å². The van der Waals surface area contributed by atoms with Gasteiger partial charge < -0.3 is 4.74 Å². The van der Waals surface area contributed by atoms with E-state index in [1.807, 2.05) is 0 Å². The molecule has 0 saturated carbocycles. The van der Waals surface area contributed by atoms with Gasteiger partial charge in [-0.25, -0.2) is 0 Å². The Morgan fingerprint density at radius 1 is 1.10 bits per heavy atom. The first-order valence-electron chi connectivity index (χ1n) is 4.05. The van der Waals surface area contributed by atoms with Crippen molar-refractivity contribution >= 4 is 0 Å². The van der Waals surface area contributed by atoms with E-state index in [4.69, 9.17) is 4.74 Å². The van der Waals surface area contributed by atoms with Crippen molar-refractivity contribution in [1.29, 1.82) is 0 Å². The maximum absolute atomic E-state index is 4.96. The fourth-order valence-corrected chi connectivity index (χ4v) is 0.902. The van der Waals surface area contributed by atoms with Crippen LogP contribution in [0.5, 0.6) is 0 Å². The van der Waals surface area contributed by atoms with Crippen molar-refractivity contribution in [3.05, 3.63) is 0 Å². The van der Waals surface area contributed by atoms with Gasteiger partial charge in [-0.15, -0.1) is 0 Å². The van der Waals surface area contributed by atoms with Gasteiger partial charge in [-0.2, -0.15) is 0 Å². The molecule has 0 aliphatic rings. The second-order valence-corrected chi connectivity index (χ2v) is 4.01. The Kier molecular flexibility index (Phi) is 4.71. The van der Waals surface area contributed by atoms with Gasteiger partial charge in [-0.1, -0.05) is 27.2 Å². The summed E-state index contributed by atoms with van der Waals surface area (Å²) in [5, 5.41) is 0. The number of rotatable bonds is 4. The van der Waals surface area contributed by atoms with Gasteiger partial charge in [0.15, 0.2) is 0 Å². The third-order valence-electron chi connectivity index (χ3n) is 1.53. The maximum Gasteiger partial charge on any atom is 0.0462 e. The van der Waals surface area contributed by atoms with E-state index >= 15 is 0 Å². The average Bonchev–Trinajstić information content (AvgIpc) is 1.78. The molecular weight excluding hydrogens is 124 g/mol. The minimum absolute atomic E-state index is 0.494. The molecule has 0 aliphatic heterocycles. The Hall–Kier alpha value is -0.0400. The predicted octanol–water partition coefficient (Wildman–Crippen LogP) is 2.85. The Morgan fingerprint density at radius 2 is 1.70 bits per heavy atom. The lowest BCUT2D eigenvalue weighted by atomic mass is 9.90. The highest BCUT2D eigenvalue weighted by Crippen LogP contribution is 2.21. The van der Waals surface area contributed by atoms with Crippen molar-refractivity contribution in [2.75, 3.05) is 13.7 Å². The first kappa shape index (κ1) is 9.96. The molecule has 0 atom stereocenters. The van der Waals surface area contributed by atoms with Crippen molar-refractivity contribution < 1.29 is 4.74 Å². The van der Waals surface area contributed by atoms with Crippen LogP contribution >= 0.6 is 0 Å². The second kappa shape index (κ2) is 4.73. The van der Waals surface area contributed by atoms with Gasteiger partial charge >= 0.3 is 0 Å². The van der Waals surface area contributed by atoms with E-state index in [9.17, 15) is 0 Å². The summed E-state index contributed by atoms with van der Waals surface area (Å²) >= 11 is 0. The zero-order chi connectivity index (χ0) is 8.04. The largest absolute Gasteiger partial charge is 0.385 e. The molecule has 0 rings (SSSR count). The van der Waals surface area contributed by atoms with E-state index in [0.29, 0.717) is 5.41 Å². The van der Waals surface area contributed by atoms with Gasteiger partial charge in [0.05, 0.1) is 0 Å². The SMILES string of the molecule is COCCCCC(C)(C)C. The number of hydrogen-bond donors (Lipinski definition) is 0. The Balaban J connectivity index is 3.04. The van der Waals surface area contributed by atoms with Crippen molar-refractivity contribution in [1.82, 2.24) is 0 Å². The molecule has 0 aromatic rings. The number of hydrogen-bond acceptors (Lipinski definition) is 1. The Morgan fingerprint density at radius 3 is 2.10 bits per heavy atom. The molecule has 0 radical (unpaired) electrons. The van der Waals surface area contributed by atoms with Gasteiger partial charge in [-0.05, 0) is 18.3 Å². The molecule has 0 heterocycles. The van der Waals surface area contributed by atoms with Crippen LogP contribution in [-0.2, 0) is 4.74 Å². The molecule has 62 valence electrons. The smallest absolute Gasteiger partial charge is 0.0462 e. The highest BCUT2D eigenvalue weighted by atomic mass is 16.5. The lowest BCUT2D eigenvalue weighted by Gasteiger charge is -2.17. The standard InChI is InChI=1S/C9H20O/c1-9(2,3)7-5-6-8-10-4/h5-8H2,1-4H3. The van der Waals surface area contributed by atoms with Crippen LogP contribution in [0.2, 0.25) is 0 Å². The van der Waals surface area contributed by atoms with Crippen LogP contribution in [0, 0.1) is 5.41 Å². The average molecular weight is 144 g/mol. The highest BCUT2D eigenvalue weighted by Gasteiger charge is 2.08. The van der Waals surface area contributed by atoms with Crippen LogP contribution in [0.15, 0.2) is 0 Å². The van der Waals surface area contributed by atoms with Gasteiger partial charge in [0.25, 0.3) is 0 Å². The van der Waals surface area contributed by atoms with Gasteiger partial charge in [0, 0.05) is 13.7 Å². The van der Waals surface area contributed by atoms with Crippen LogP contribution in [0.4, 0.5) is 0 Å². The van der Waals surface area contributed by atoms with Crippen LogP contribution in [0.25, 0.3) is 0 Å². The number of methoxy groups -OCH3 is 1. The van der Waals surface area contributed by atoms with Crippen LogP contribution < -0.4 is 0 Å². The lowest BCUT2D eigenvalue weighted by Crippen LogP contribution is -2.04. The quantitative estimate of drug-likeness (QED) is 0.551. The predicted molar refractivity (Wildman–Crippen MR) is 45.2 cm³/mol. The molecule has 0 N–H and O–H groups in total. The highest BCUT2D eigenvalue weighted by molar-refractivity contribution is 4.60.